The van der Waals surface area contributed by atoms with Crippen LogP contribution in [0.25, 0.3) is 5.69 Å². The number of hydrogen-bond acceptors (Lipinski definition) is 2. The van der Waals surface area contributed by atoms with Gasteiger partial charge >= 0.3 is 0 Å². The Kier molecular flexibility index (Phi) is 2.68. The molecule has 2 aromatic heterocycles. The lowest BCUT2D eigenvalue weighted by atomic mass is 10.1. The quantitative estimate of drug-likeness (QED) is 0.702. The van der Waals surface area contributed by atoms with Gasteiger partial charge in [-0.3, -0.25) is 0 Å². The van der Waals surface area contributed by atoms with Crippen molar-refractivity contribution in [3.05, 3.63) is 66.8 Å². The molecule has 0 fully saturated rings. The summed E-state index contributed by atoms with van der Waals surface area (Å²) in [4.78, 5) is 8.12. The van der Waals surface area contributed by atoms with E-state index in [-0.39, 0.29) is 0 Å². The van der Waals surface area contributed by atoms with Crippen LogP contribution in [0.5, 0.6) is 0 Å². The molecule has 0 N–H and O–H groups in total. The van der Waals surface area contributed by atoms with Crippen molar-refractivity contribution in [2.75, 3.05) is 0 Å². The zero-order valence-corrected chi connectivity index (χ0v) is 10.2. The van der Waals surface area contributed by atoms with Crippen LogP contribution >= 0.6 is 0 Å². The smallest absolute Gasteiger partial charge is 0.0991 e. The first kappa shape index (κ1) is 10.8. The lowest BCUT2D eigenvalue weighted by molar-refractivity contribution is 0.791. The number of hydrogen-bond donors (Lipinski definition) is 0. The Bertz CT molecular complexity index is 624. The molecule has 2 heterocycles. The zero-order chi connectivity index (χ0) is 12.4. The van der Waals surface area contributed by atoms with Crippen LogP contribution in [0.1, 0.15) is 11.1 Å². The van der Waals surface area contributed by atoms with E-state index in [1.165, 1.54) is 11.1 Å². The summed E-state index contributed by atoms with van der Waals surface area (Å²) in [5, 5.41) is 0. The summed E-state index contributed by atoms with van der Waals surface area (Å²) in [6, 6.07) is 6.44. The molecule has 90 valence electrons. The Labute approximate surface area is 106 Å². The molecular weight excluding hydrogens is 224 g/mol. The maximum absolute atomic E-state index is 4.06. The zero-order valence-electron chi connectivity index (χ0n) is 10.2. The number of nitrogens with zero attached hydrogens (tertiary/aromatic N) is 4. The average Bonchev–Trinajstić information content (AvgIpc) is 3.04. The van der Waals surface area contributed by atoms with Crippen molar-refractivity contribution in [3.8, 4) is 5.69 Å². The second-order valence-corrected chi connectivity index (χ2v) is 4.32. The van der Waals surface area contributed by atoms with Crippen molar-refractivity contribution >= 4 is 0 Å². The summed E-state index contributed by atoms with van der Waals surface area (Å²) in [7, 11) is 0. The van der Waals surface area contributed by atoms with Crippen LogP contribution in [0.15, 0.2) is 55.6 Å². The first-order valence-electron chi connectivity index (χ1n) is 5.86. The molecule has 0 atom stereocenters. The van der Waals surface area contributed by atoms with Crippen molar-refractivity contribution in [2.24, 2.45) is 0 Å². The molecule has 0 saturated carbocycles. The lowest BCUT2D eigenvalue weighted by Crippen LogP contribution is -2.00. The lowest BCUT2D eigenvalue weighted by Gasteiger charge is -2.09. The molecule has 18 heavy (non-hydrogen) atoms. The molecule has 4 nitrogen and oxygen atoms in total. The molecule has 3 aromatic rings. The molecule has 3 rings (SSSR count). The summed E-state index contributed by atoms with van der Waals surface area (Å²) in [6.07, 6.45) is 11.2. The topological polar surface area (TPSA) is 35.6 Å². The van der Waals surface area contributed by atoms with Gasteiger partial charge in [-0.1, -0.05) is 6.07 Å². The predicted molar refractivity (Wildman–Crippen MR) is 69.6 cm³/mol. The molecular formula is C14H14N4. The van der Waals surface area contributed by atoms with Gasteiger partial charge in [0.05, 0.1) is 12.7 Å². The van der Waals surface area contributed by atoms with Crippen molar-refractivity contribution in [1.29, 1.82) is 0 Å². The van der Waals surface area contributed by atoms with E-state index in [0.29, 0.717) is 0 Å². The molecule has 0 aliphatic rings. The van der Waals surface area contributed by atoms with Gasteiger partial charge in [0.1, 0.15) is 0 Å². The van der Waals surface area contributed by atoms with E-state index in [1.807, 2.05) is 29.6 Å². The molecule has 0 unspecified atom stereocenters. The highest BCUT2D eigenvalue weighted by Crippen LogP contribution is 2.15. The van der Waals surface area contributed by atoms with Crippen LogP contribution in [0.2, 0.25) is 0 Å². The van der Waals surface area contributed by atoms with Gasteiger partial charge in [0.2, 0.25) is 0 Å². The Balaban J connectivity index is 1.90. The van der Waals surface area contributed by atoms with E-state index in [9.17, 15) is 0 Å². The number of aromatic nitrogens is 4. The van der Waals surface area contributed by atoms with Crippen molar-refractivity contribution in [3.63, 3.8) is 0 Å². The number of aryl methyl sites for hydroxylation is 1. The van der Waals surface area contributed by atoms with Crippen LogP contribution in [0.3, 0.4) is 0 Å². The summed E-state index contributed by atoms with van der Waals surface area (Å²) in [5.74, 6) is 0. The van der Waals surface area contributed by atoms with Crippen LogP contribution in [0.4, 0.5) is 0 Å². The van der Waals surface area contributed by atoms with Gasteiger partial charge in [0.25, 0.3) is 0 Å². The summed E-state index contributed by atoms with van der Waals surface area (Å²) >= 11 is 0. The van der Waals surface area contributed by atoms with E-state index >= 15 is 0 Å². The maximum atomic E-state index is 4.06. The monoisotopic (exact) mass is 238 g/mol. The summed E-state index contributed by atoms with van der Waals surface area (Å²) in [6.45, 7) is 2.99. The minimum absolute atomic E-state index is 0.857. The molecule has 0 radical (unpaired) electrons. The number of imidazole rings is 2. The average molecular weight is 238 g/mol. The standard InChI is InChI=1S/C14H14N4/c1-12-8-14(18-7-5-16-11-18)3-2-13(12)9-17-6-4-15-10-17/h2-8,10-11H,9H2,1H3. The van der Waals surface area contributed by atoms with Crippen LogP contribution in [0, 0.1) is 6.92 Å². The van der Waals surface area contributed by atoms with Gasteiger partial charge in [-0.15, -0.1) is 0 Å². The first-order valence-corrected chi connectivity index (χ1v) is 5.86. The molecule has 0 saturated heterocycles. The summed E-state index contributed by atoms with van der Waals surface area (Å²) < 4.78 is 4.08. The van der Waals surface area contributed by atoms with E-state index in [1.54, 1.807) is 12.4 Å². The third-order valence-corrected chi connectivity index (χ3v) is 3.04. The number of rotatable bonds is 3. The van der Waals surface area contributed by atoms with Crippen LogP contribution in [-0.2, 0) is 6.54 Å². The van der Waals surface area contributed by atoms with Gasteiger partial charge in [-0.2, -0.15) is 0 Å². The minimum Gasteiger partial charge on any atom is -0.333 e. The molecule has 0 aliphatic carbocycles. The van der Waals surface area contributed by atoms with Gasteiger partial charge in [-0.25, -0.2) is 9.97 Å². The largest absolute Gasteiger partial charge is 0.333 e. The normalized spacial score (nSPS) is 10.7. The second kappa shape index (κ2) is 4.49. The van der Waals surface area contributed by atoms with Crippen LogP contribution < -0.4 is 0 Å². The van der Waals surface area contributed by atoms with Crippen LogP contribution in [-0.4, -0.2) is 19.1 Å². The molecule has 4 heteroatoms. The third-order valence-electron chi connectivity index (χ3n) is 3.04. The van der Waals surface area contributed by atoms with Crippen molar-refractivity contribution in [2.45, 2.75) is 13.5 Å². The van der Waals surface area contributed by atoms with E-state index < -0.39 is 0 Å². The Morgan fingerprint density at radius 3 is 2.56 bits per heavy atom. The fraction of sp³-hybridized carbons (Fsp3) is 0.143. The Hall–Kier alpha value is -2.36. The molecule has 0 spiro atoms. The summed E-state index contributed by atoms with van der Waals surface area (Å²) in [5.41, 5.74) is 3.71. The fourth-order valence-corrected chi connectivity index (χ4v) is 2.01. The van der Waals surface area contributed by atoms with Gasteiger partial charge < -0.3 is 9.13 Å². The highest BCUT2D eigenvalue weighted by atomic mass is 15.0. The first-order chi connectivity index (χ1) is 8.83. The SMILES string of the molecule is Cc1cc(-n2ccnc2)ccc1Cn1ccnc1. The van der Waals surface area contributed by atoms with E-state index in [4.69, 9.17) is 0 Å². The molecule has 0 aliphatic heterocycles. The molecule has 1 aromatic carbocycles. The predicted octanol–water partition coefficient (Wildman–Crippen LogP) is 2.43. The van der Waals surface area contributed by atoms with Crippen molar-refractivity contribution < 1.29 is 0 Å². The van der Waals surface area contributed by atoms with Gasteiger partial charge in [-0.05, 0) is 30.2 Å². The second-order valence-electron chi connectivity index (χ2n) is 4.32. The van der Waals surface area contributed by atoms with Crippen molar-refractivity contribution in [1.82, 2.24) is 19.1 Å². The fourth-order valence-electron chi connectivity index (χ4n) is 2.01. The molecule has 0 amide bonds. The van der Waals surface area contributed by atoms with E-state index in [2.05, 4.69) is 39.7 Å². The Morgan fingerprint density at radius 2 is 1.89 bits per heavy atom. The maximum Gasteiger partial charge on any atom is 0.0991 e. The number of benzene rings is 1. The highest BCUT2D eigenvalue weighted by molar-refractivity contribution is 5.40. The van der Waals surface area contributed by atoms with Gasteiger partial charge in [0, 0.05) is 37.0 Å². The van der Waals surface area contributed by atoms with E-state index in [0.717, 1.165) is 12.2 Å². The van der Waals surface area contributed by atoms with Gasteiger partial charge in [0.15, 0.2) is 0 Å². The Morgan fingerprint density at radius 1 is 1.06 bits per heavy atom. The third kappa shape index (κ3) is 2.05. The highest BCUT2D eigenvalue weighted by Gasteiger charge is 2.02. The minimum atomic E-state index is 0.857. The molecule has 0 bridgehead atoms.